The normalized spacial score (nSPS) is 10.5. The van der Waals surface area contributed by atoms with Crippen molar-refractivity contribution in [1.82, 2.24) is 0 Å². The molecule has 0 aliphatic carbocycles. The van der Waals surface area contributed by atoms with Crippen LogP contribution in [0.25, 0.3) is 20.2 Å². The number of ether oxygens (including phenoxy) is 2. The Bertz CT molecular complexity index is 1360. The fourth-order valence-corrected chi connectivity index (χ4v) is 4.37. The lowest BCUT2D eigenvalue weighted by Gasteiger charge is -2.11. The second-order valence-corrected chi connectivity index (χ2v) is 8.12. The molecule has 0 unspecified atom stereocenters. The van der Waals surface area contributed by atoms with E-state index in [0.717, 1.165) is 26.2 Å². The van der Waals surface area contributed by atoms with Gasteiger partial charge in [0.15, 0.2) is 16.9 Å². The van der Waals surface area contributed by atoms with Crippen LogP contribution in [-0.4, -0.2) is 28.3 Å². The van der Waals surface area contributed by atoms with Crippen LogP contribution in [0.4, 0.5) is 5.69 Å². The van der Waals surface area contributed by atoms with Crippen molar-refractivity contribution in [2.75, 3.05) is 33.2 Å². The first-order chi connectivity index (χ1) is 14.5. The number of hydrogen-bond acceptors (Lipinski definition) is 5. The molecular formula is C25H21NO3S. The Labute approximate surface area is 179 Å². The van der Waals surface area contributed by atoms with Gasteiger partial charge in [0.1, 0.15) is 0 Å². The summed E-state index contributed by atoms with van der Waals surface area (Å²) in [6.45, 7) is 0. The number of fused-ring (bicyclic) bond motifs is 2. The van der Waals surface area contributed by atoms with Gasteiger partial charge >= 0.3 is 0 Å². The van der Waals surface area contributed by atoms with Gasteiger partial charge in [0.25, 0.3) is 0 Å². The summed E-state index contributed by atoms with van der Waals surface area (Å²) in [5.74, 6) is 7.57. The predicted octanol–water partition coefficient (Wildman–Crippen LogP) is 4.90. The summed E-state index contributed by atoms with van der Waals surface area (Å²) in [4.78, 5) is 15.1. The molecule has 0 atom stereocenters. The van der Waals surface area contributed by atoms with Crippen LogP contribution in [0.2, 0.25) is 0 Å². The highest BCUT2D eigenvalue weighted by Gasteiger charge is 2.12. The second-order valence-electron chi connectivity index (χ2n) is 7.04. The molecule has 0 saturated carbocycles. The van der Waals surface area contributed by atoms with E-state index in [1.807, 2.05) is 62.6 Å². The summed E-state index contributed by atoms with van der Waals surface area (Å²) < 4.78 is 12.5. The van der Waals surface area contributed by atoms with E-state index in [0.29, 0.717) is 22.3 Å². The van der Waals surface area contributed by atoms with Crippen molar-refractivity contribution in [1.29, 1.82) is 0 Å². The third-order valence-corrected chi connectivity index (χ3v) is 6.03. The maximum absolute atomic E-state index is 13.0. The number of hydrogen-bond donors (Lipinski definition) is 0. The zero-order valence-electron chi connectivity index (χ0n) is 17.3. The maximum Gasteiger partial charge on any atom is 0.196 e. The first-order valence-electron chi connectivity index (χ1n) is 9.42. The average Bonchev–Trinajstić information content (AvgIpc) is 2.77. The van der Waals surface area contributed by atoms with Crippen molar-refractivity contribution < 1.29 is 9.47 Å². The van der Waals surface area contributed by atoms with E-state index in [2.05, 4.69) is 16.7 Å². The number of methoxy groups -OCH3 is 2. The largest absolute Gasteiger partial charge is 0.493 e. The van der Waals surface area contributed by atoms with Crippen LogP contribution in [0, 0.1) is 11.8 Å². The lowest BCUT2D eigenvalue weighted by molar-refractivity contribution is 0.356. The van der Waals surface area contributed by atoms with Crippen LogP contribution in [0.15, 0.2) is 59.4 Å². The van der Waals surface area contributed by atoms with Crippen molar-refractivity contribution in [3.8, 4) is 23.3 Å². The summed E-state index contributed by atoms with van der Waals surface area (Å²) >= 11 is 1.55. The first kappa shape index (κ1) is 19.8. The number of anilines is 1. The van der Waals surface area contributed by atoms with Gasteiger partial charge in [0.05, 0.1) is 14.2 Å². The molecule has 4 aromatic rings. The van der Waals surface area contributed by atoms with Gasteiger partial charge in [-0.2, -0.15) is 0 Å². The van der Waals surface area contributed by atoms with Crippen molar-refractivity contribution in [3.05, 3.63) is 75.9 Å². The first-order valence-corrected chi connectivity index (χ1v) is 10.2. The quantitative estimate of drug-likeness (QED) is 0.353. The van der Waals surface area contributed by atoms with Gasteiger partial charge in [-0.25, -0.2) is 0 Å². The van der Waals surface area contributed by atoms with E-state index < -0.39 is 0 Å². The Morgan fingerprint density at radius 3 is 2.03 bits per heavy atom. The van der Waals surface area contributed by atoms with Crippen LogP contribution in [0.5, 0.6) is 11.5 Å². The average molecular weight is 416 g/mol. The number of benzene rings is 3. The molecule has 0 fully saturated rings. The predicted molar refractivity (Wildman–Crippen MR) is 125 cm³/mol. The molecule has 30 heavy (non-hydrogen) atoms. The smallest absolute Gasteiger partial charge is 0.196 e. The zero-order valence-corrected chi connectivity index (χ0v) is 18.1. The molecule has 3 aromatic carbocycles. The van der Waals surface area contributed by atoms with Gasteiger partial charge in [0.2, 0.25) is 0 Å². The minimum Gasteiger partial charge on any atom is -0.493 e. The molecule has 5 heteroatoms. The Balaban J connectivity index is 1.77. The third-order valence-electron chi connectivity index (χ3n) is 4.91. The molecule has 0 spiro atoms. The summed E-state index contributed by atoms with van der Waals surface area (Å²) in [6.07, 6.45) is 0. The van der Waals surface area contributed by atoms with Gasteiger partial charge in [0, 0.05) is 57.1 Å². The molecule has 0 N–H and O–H groups in total. The van der Waals surface area contributed by atoms with Crippen LogP contribution >= 0.6 is 11.3 Å². The second kappa shape index (κ2) is 8.10. The van der Waals surface area contributed by atoms with E-state index >= 15 is 0 Å². The van der Waals surface area contributed by atoms with E-state index in [9.17, 15) is 4.79 Å². The van der Waals surface area contributed by atoms with Crippen LogP contribution in [0.3, 0.4) is 0 Å². The standard InChI is InChI=1S/C25H21NO3S/c1-26(2)18-10-7-16(8-11-18)5-6-17-9-12-19-23(13-17)30-24-15-22(29-4)21(28-3)14-20(24)25(19)27/h7-15H,1-4H3. The van der Waals surface area contributed by atoms with Gasteiger partial charge < -0.3 is 14.4 Å². The van der Waals surface area contributed by atoms with Crippen LogP contribution < -0.4 is 19.8 Å². The third kappa shape index (κ3) is 3.70. The molecule has 0 aliphatic rings. The molecular weight excluding hydrogens is 394 g/mol. The molecule has 0 saturated heterocycles. The highest BCUT2D eigenvalue weighted by molar-refractivity contribution is 7.24. The highest BCUT2D eigenvalue weighted by atomic mass is 32.1. The fraction of sp³-hybridized carbons (Fsp3) is 0.160. The Kier molecular flexibility index (Phi) is 5.35. The van der Waals surface area contributed by atoms with Crippen molar-refractivity contribution in [3.63, 3.8) is 0 Å². The molecule has 0 amide bonds. The number of rotatable bonds is 3. The summed E-state index contributed by atoms with van der Waals surface area (Å²) in [5.41, 5.74) is 2.94. The Hall–Kier alpha value is -3.49. The van der Waals surface area contributed by atoms with Gasteiger partial charge in [-0.3, -0.25) is 4.79 Å². The molecule has 0 bridgehead atoms. The lowest BCUT2D eigenvalue weighted by atomic mass is 10.1. The molecule has 4 nitrogen and oxygen atoms in total. The zero-order chi connectivity index (χ0) is 21.3. The van der Waals surface area contributed by atoms with E-state index in [-0.39, 0.29) is 5.43 Å². The molecule has 150 valence electrons. The molecule has 1 aromatic heterocycles. The number of nitrogens with zero attached hydrogens (tertiary/aromatic N) is 1. The Morgan fingerprint density at radius 1 is 0.767 bits per heavy atom. The van der Waals surface area contributed by atoms with Crippen molar-refractivity contribution in [2.45, 2.75) is 0 Å². The topological polar surface area (TPSA) is 38.8 Å². The van der Waals surface area contributed by atoms with Crippen molar-refractivity contribution >= 4 is 37.2 Å². The lowest BCUT2D eigenvalue weighted by Crippen LogP contribution is -2.07. The van der Waals surface area contributed by atoms with E-state index in [1.165, 1.54) is 0 Å². The summed E-state index contributed by atoms with van der Waals surface area (Å²) in [7, 11) is 7.18. The SMILES string of the molecule is COc1cc2sc3cc(C#Cc4ccc(N(C)C)cc4)ccc3c(=O)c2cc1OC. The molecule has 4 rings (SSSR count). The van der Waals surface area contributed by atoms with Crippen LogP contribution in [0.1, 0.15) is 11.1 Å². The summed E-state index contributed by atoms with van der Waals surface area (Å²) in [5, 5.41) is 1.31. The van der Waals surface area contributed by atoms with Gasteiger partial charge in [-0.15, -0.1) is 11.3 Å². The van der Waals surface area contributed by atoms with Crippen molar-refractivity contribution in [2.24, 2.45) is 0 Å². The minimum absolute atomic E-state index is 0.0153. The van der Waals surface area contributed by atoms with Gasteiger partial charge in [-0.05, 0) is 48.5 Å². The van der Waals surface area contributed by atoms with E-state index in [4.69, 9.17) is 9.47 Å². The molecule has 0 aliphatic heterocycles. The van der Waals surface area contributed by atoms with Crippen LogP contribution in [-0.2, 0) is 0 Å². The minimum atomic E-state index is -0.0153. The molecule has 1 heterocycles. The fourth-order valence-electron chi connectivity index (χ4n) is 3.25. The maximum atomic E-state index is 13.0. The Morgan fingerprint density at radius 2 is 1.37 bits per heavy atom. The van der Waals surface area contributed by atoms with E-state index in [1.54, 1.807) is 31.6 Å². The monoisotopic (exact) mass is 415 g/mol. The van der Waals surface area contributed by atoms with Gasteiger partial charge in [-0.1, -0.05) is 11.8 Å². The molecule has 0 radical (unpaired) electrons. The highest BCUT2D eigenvalue weighted by Crippen LogP contribution is 2.34. The summed E-state index contributed by atoms with van der Waals surface area (Å²) in [6, 6.07) is 17.4.